The summed E-state index contributed by atoms with van der Waals surface area (Å²) >= 11 is 0. The van der Waals surface area contributed by atoms with Crippen molar-refractivity contribution in [2.24, 2.45) is 0 Å². The first-order valence-corrected chi connectivity index (χ1v) is 9.74. The Morgan fingerprint density at radius 2 is 1.59 bits per heavy atom. The average Bonchev–Trinajstić information content (AvgIpc) is 2.78. The summed E-state index contributed by atoms with van der Waals surface area (Å²) in [5, 5.41) is 14.7. The number of carboxylic acid groups (broad SMARTS) is 1. The third kappa shape index (κ3) is 5.64. The topological polar surface area (TPSA) is 100 Å². The molecule has 1 aromatic rings. The SMILES string of the molecule is CC(C)(C)N(CCNC(=O)Nc1ccc(B2OC(C)(C)C(C)(C)O2)cc1)C(=O)O. The van der Waals surface area contributed by atoms with Crippen molar-refractivity contribution in [3.05, 3.63) is 24.3 Å². The highest BCUT2D eigenvalue weighted by Crippen LogP contribution is 2.36. The first kappa shape index (κ1) is 23.0. The third-order valence-corrected chi connectivity index (χ3v) is 5.36. The number of nitrogens with one attached hydrogen (secondary N) is 2. The van der Waals surface area contributed by atoms with Gasteiger partial charge in [0.25, 0.3) is 0 Å². The van der Waals surface area contributed by atoms with Gasteiger partial charge in [0, 0.05) is 24.3 Å². The van der Waals surface area contributed by atoms with Crippen LogP contribution in [0.25, 0.3) is 0 Å². The molecular weight excluding hydrogens is 373 g/mol. The lowest BCUT2D eigenvalue weighted by Gasteiger charge is -2.33. The molecule has 1 aromatic carbocycles. The van der Waals surface area contributed by atoms with Crippen LogP contribution in [0.2, 0.25) is 0 Å². The second-order valence-corrected chi connectivity index (χ2v) is 9.20. The summed E-state index contributed by atoms with van der Waals surface area (Å²) in [7, 11) is -0.456. The Morgan fingerprint density at radius 1 is 1.07 bits per heavy atom. The Bertz CT molecular complexity index is 727. The molecule has 0 atom stereocenters. The van der Waals surface area contributed by atoms with E-state index in [9.17, 15) is 14.7 Å². The molecule has 1 aliphatic rings. The zero-order valence-corrected chi connectivity index (χ0v) is 18.3. The van der Waals surface area contributed by atoms with Crippen LogP contribution in [0.1, 0.15) is 48.5 Å². The fourth-order valence-corrected chi connectivity index (χ4v) is 2.88. The van der Waals surface area contributed by atoms with Gasteiger partial charge in [0.15, 0.2) is 0 Å². The minimum Gasteiger partial charge on any atom is -0.465 e. The van der Waals surface area contributed by atoms with E-state index in [0.717, 1.165) is 5.46 Å². The van der Waals surface area contributed by atoms with E-state index >= 15 is 0 Å². The lowest BCUT2D eigenvalue weighted by molar-refractivity contribution is 0.00578. The molecule has 0 aromatic heterocycles. The quantitative estimate of drug-likeness (QED) is 0.655. The number of anilines is 1. The number of hydrogen-bond acceptors (Lipinski definition) is 4. The van der Waals surface area contributed by atoms with E-state index in [1.54, 1.807) is 12.1 Å². The Hall–Kier alpha value is -2.26. The van der Waals surface area contributed by atoms with Gasteiger partial charge >= 0.3 is 19.2 Å². The van der Waals surface area contributed by atoms with Crippen molar-refractivity contribution >= 4 is 30.4 Å². The van der Waals surface area contributed by atoms with Gasteiger partial charge in [-0.3, -0.25) is 0 Å². The van der Waals surface area contributed by atoms with Gasteiger partial charge in [-0.1, -0.05) is 12.1 Å². The lowest BCUT2D eigenvalue weighted by Crippen LogP contribution is -2.48. The van der Waals surface area contributed by atoms with Crippen LogP contribution in [0.15, 0.2) is 24.3 Å². The van der Waals surface area contributed by atoms with Gasteiger partial charge in [-0.15, -0.1) is 0 Å². The first-order valence-electron chi connectivity index (χ1n) is 9.74. The summed E-state index contributed by atoms with van der Waals surface area (Å²) < 4.78 is 12.0. The summed E-state index contributed by atoms with van der Waals surface area (Å²) in [6.07, 6.45) is -1.02. The van der Waals surface area contributed by atoms with Gasteiger partial charge in [-0.2, -0.15) is 0 Å². The van der Waals surface area contributed by atoms with Gasteiger partial charge in [-0.05, 0) is 66.1 Å². The van der Waals surface area contributed by atoms with Crippen LogP contribution in [0.4, 0.5) is 15.3 Å². The van der Waals surface area contributed by atoms with E-state index in [1.165, 1.54) is 4.90 Å². The summed E-state index contributed by atoms with van der Waals surface area (Å²) in [5.41, 5.74) is 0.134. The number of hydrogen-bond donors (Lipinski definition) is 3. The van der Waals surface area contributed by atoms with Crippen LogP contribution < -0.4 is 16.1 Å². The maximum absolute atomic E-state index is 12.1. The highest BCUT2D eigenvalue weighted by atomic mass is 16.7. The molecule has 160 valence electrons. The van der Waals surface area contributed by atoms with Gasteiger partial charge in [-0.25, -0.2) is 9.59 Å². The predicted molar refractivity (Wildman–Crippen MR) is 114 cm³/mol. The zero-order chi connectivity index (χ0) is 22.0. The normalized spacial score (nSPS) is 17.7. The standard InChI is InChI=1S/C20H32BN3O5/c1-18(2,3)24(17(26)27)13-12-22-16(25)23-15-10-8-14(9-11-15)21-28-19(4,5)20(6,7)29-21/h8-11H,12-13H2,1-7H3,(H,26,27)(H2,22,23,25). The molecule has 0 unspecified atom stereocenters. The van der Waals surface area contributed by atoms with Crippen LogP contribution in [0.5, 0.6) is 0 Å². The maximum Gasteiger partial charge on any atom is 0.494 e. The van der Waals surface area contributed by atoms with Crippen molar-refractivity contribution in [3.8, 4) is 0 Å². The van der Waals surface area contributed by atoms with Crippen molar-refractivity contribution in [2.75, 3.05) is 18.4 Å². The van der Waals surface area contributed by atoms with Crippen LogP contribution >= 0.6 is 0 Å². The van der Waals surface area contributed by atoms with E-state index in [4.69, 9.17) is 9.31 Å². The zero-order valence-electron chi connectivity index (χ0n) is 18.3. The fourth-order valence-electron chi connectivity index (χ4n) is 2.88. The molecule has 0 radical (unpaired) electrons. The molecule has 0 spiro atoms. The second-order valence-electron chi connectivity index (χ2n) is 9.20. The van der Waals surface area contributed by atoms with Crippen molar-refractivity contribution in [3.63, 3.8) is 0 Å². The molecule has 2 rings (SSSR count). The number of nitrogens with zero attached hydrogens (tertiary/aromatic N) is 1. The van der Waals surface area contributed by atoms with E-state index in [2.05, 4.69) is 10.6 Å². The molecule has 0 aliphatic carbocycles. The molecule has 0 saturated carbocycles. The number of urea groups is 1. The van der Waals surface area contributed by atoms with Gasteiger partial charge in [0.05, 0.1) is 11.2 Å². The predicted octanol–water partition coefficient (Wildman–Crippen LogP) is 2.89. The molecule has 0 bridgehead atoms. The molecule has 9 heteroatoms. The highest BCUT2D eigenvalue weighted by molar-refractivity contribution is 6.62. The molecule has 1 fully saturated rings. The van der Waals surface area contributed by atoms with E-state index in [1.807, 2.05) is 60.6 Å². The summed E-state index contributed by atoms with van der Waals surface area (Å²) in [6.45, 7) is 13.8. The highest BCUT2D eigenvalue weighted by Gasteiger charge is 2.51. The second kappa shape index (κ2) is 8.24. The molecule has 3 amide bonds. The Morgan fingerprint density at radius 3 is 2.03 bits per heavy atom. The lowest BCUT2D eigenvalue weighted by atomic mass is 9.79. The molecule has 1 heterocycles. The van der Waals surface area contributed by atoms with E-state index < -0.39 is 36.0 Å². The first-order chi connectivity index (χ1) is 13.2. The molecular formula is C20H32BN3O5. The van der Waals surface area contributed by atoms with Crippen LogP contribution in [-0.4, -0.2) is 59.1 Å². The number of carbonyl (C=O) groups excluding carboxylic acids is 1. The summed E-state index contributed by atoms with van der Waals surface area (Å²) in [5.74, 6) is 0. The number of benzene rings is 1. The Labute approximate surface area is 173 Å². The number of rotatable bonds is 5. The van der Waals surface area contributed by atoms with Crippen LogP contribution in [0, 0.1) is 0 Å². The van der Waals surface area contributed by atoms with Gasteiger partial charge in [0.1, 0.15) is 0 Å². The summed E-state index contributed by atoms with van der Waals surface area (Å²) in [6, 6.07) is 6.86. The smallest absolute Gasteiger partial charge is 0.465 e. The van der Waals surface area contributed by atoms with Crippen molar-refractivity contribution < 1.29 is 24.0 Å². The molecule has 1 aliphatic heterocycles. The largest absolute Gasteiger partial charge is 0.494 e. The molecule has 8 nitrogen and oxygen atoms in total. The number of amides is 3. The fraction of sp³-hybridized carbons (Fsp3) is 0.600. The van der Waals surface area contributed by atoms with Crippen LogP contribution in [-0.2, 0) is 9.31 Å². The minimum atomic E-state index is -1.02. The third-order valence-electron chi connectivity index (χ3n) is 5.36. The van der Waals surface area contributed by atoms with Crippen molar-refractivity contribution in [1.29, 1.82) is 0 Å². The van der Waals surface area contributed by atoms with Gasteiger partial charge in [0.2, 0.25) is 0 Å². The number of carbonyl (C=O) groups is 2. The Kier molecular flexibility index (Phi) is 6.54. The van der Waals surface area contributed by atoms with Crippen molar-refractivity contribution in [2.45, 2.75) is 65.2 Å². The summed E-state index contributed by atoms with van der Waals surface area (Å²) in [4.78, 5) is 24.7. The van der Waals surface area contributed by atoms with E-state index in [0.29, 0.717) is 5.69 Å². The van der Waals surface area contributed by atoms with Crippen LogP contribution in [0.3, 0.4) is 0 Å². The maximum atomic E-state index is 12.1. The van der Waals surface area contributed by atoms with Crippen molar-refractivity contribution in [1.82, 2.24) is 10.2 Å². The molecule has 1 saturated heterocycles. The van der Waals surface area contributed by atoms with Gasteiger partial charge < -0.3 is 29.9 Å². The van der Waals surface area contributed by atoms with E-state index in [-0.39, 0.29) is 13.1 Å². The average molecular weight is 405 g/mol. The monoisotopic (exact) mass is 405 g/mol. The molecule has 3 N–H and O–H groups in total. The minimum absolute atomic E-state index is 0.202. The Balaban J connectivity index is 1.87. The molecule has 29 heavy (non-hydrogen) atoms.